The molecule has 0 aliphatic heterocycles. The van der Waals surface area contributed by atoms with Crippen LogP contribution in [0.1, 0.15) is 38.2 Å². The maximum Gasteiger partial charge on any atom is 0.326 e. The molecule has 0 radical (unpaired) electrons. The summed E-state index contributed by atoms with van der Waals surface area (Å²) in [6.45, 7) is 1.35. The molecule has 0 fully saturated rings. The molecule has 206 valence electrons. The summed E-state index contributed by atoms with van der Waals surface area (Å²) in [6.07, 6.45) is -0.231. The lowest BCUT2D eigenvalue weighted by Gasteiger charge is -2.24. The SMILES string of the molecule is CC(N)C(=O)NC(CCC(=O)O)C(=O)NC(CCC(=O)O)C(=O)NC(Cc1c[nH]c2ccccc12)C(=O)O. The van der Waals surface area contributed by atoms with Gasteiger partial charge in [0, 0.05) is 36.4 Å². The molecule has 0 spiro atoms. The van der Waals surface area contributed by atoms with E-state index in [2.05, 4.69) is 20.9 Å². The van der Waals surface area contributed by atoms with Gasteiger partial charge in [-0.3, -0.25) is 24.0 Å². The summed E-state index contributed by atoms with van der Waals surface area (Å²) in [6, 6.07) is 1.87. The quantitative estimate of drug-likeness (QED) is 0.143. The van der Waals surface area contributed by atoms with Crippen molar-refractivity contribution in [3.8, 4) is 0 Å². The highest BCUT2D eigenvalue weighted by molar-refractivity contribution is 5.94. The Morgan fingerprint density at radius 3 is 1.82 bits per heavy atom. The van der Waals surface area contributed by atoms with E-state index < -0.39 is 72.6 Å². The highest BCUT2D eigenvalue weighted by Gasteiger charge is 2.31. The Morgan fingerprint density at radius 2 is 1.32 bits per heavy atom. The van der Waals surface area contributed by atoms with Crippen LogP contribution in [0.3, 0.4) is 0 Å². The molecule has 1 aromatic carbocycles. The third-order valence-corrected chi connectivity index (χ3v) is 5.69. The molecule has 9 N–H and O–H groups in total. The minimum absolute atomic E-state index is 0.101. The molecule has 1 aromatic heterocycles. The number of carboxylic acids is 3. The van der Waals surface area contributed by atoms with Crippen LogP contribution in [0.5, 0.6) is 0 Å². The van der Waals surface area contributed by atoms with Crippen LogP contribution >= 0.6 is 0 Å². The number of nitrogens with one attached hydrogen (secondary N) is 4. The first-order valence-corrected chi connectivity index (χ1v) is 11.8. The molecule has 0 bridgehead atoms. The van der Waals surface area contributed by atoms with Gasteiger partial charge in [0.2, 0.25) is 17.7 Å². The Bertz CT molecular complexity index is 1190. The van der Waals surface area contributed by atoms with Crippen LogP contribution < -0.4 is 21.7 Å². The van der Waals surface area contributed by atoms with Crippen LogP contribution in [0.2, 0.25) is 0 Å². The molecule has 0 saturated heterocycles. The van der Waals surface area contributed by atoms with E-state index in [9.17, 15) is 33.9 Å². The normalized spacial score (nSPS) is 14.1. The number of aliphatic carboxylic acids is 3. The number of para-hydroxylation sites is 1. The van der Waals surface area contributed by atoms with Crippen LogP contribution in [-0.4, -0.2) is 80.1 Å². The summed E-state index contributed by atoms with van der Waals surface area (Å²) >= 11 is 0. The maximum atomic E-state index is 13.0. The Labute approximate surface area is 217 Å². The second kappa shape index (κ2) is 13.7. The smallest absolute Gasteiger partial charge is 0.326 e. The predicted molar refractivity (Wildman–Crippen MR) is 133 cm³/mol. The van der Waals surface area contributed by atoms with Crippen molar-refractivity contribution in [2.75, 3.05) is 0 Å². The average molecular weight is 534 g/mol. The lowest BCUT2D eigenvalue weighted by Crippen LogP contribution is -2.57. The van der Waals surface area contributed by atoms with E-state index in [4.69, 9.17) is 15.9 Å². The van der Waals surface area contributed by atoms with E-state index in [-0.39, 0.29) is 19.3 Å². The fourth-order valence-corrected chi connectivity index (χ4v) is 3.64. The van der Waals surface area contributed by atoms with Gasteiger partial charge >= 0.3 is 17.9 Å². The number of nitrogens with two attached hydrogens (primary N) is 1. The number of carbonyl (C=O) groups is 6. The van der Waals surface area contributed by atoms with Crippen molar-refractivity contribution in [3.63, 3.8) is 0 Å². The highest BCUT2D eigenvalue weighted by atomic mass is 16.4. The standard InChI is InChI=1S/C24H31N5O9/c1-12(25)21(34)27-16(6-8-19(30)31)22(35)28-17(7-9-20(32)33)23(36)29-18(24(37)38)10-13-11-26-15-5-3-2-4-14(13)15/h2-5,11-12,16-18,26H,6-10,25H2,1H3,(H,27,34)(H,28,35)(H,29,36)(H,30,31)(H,32,33)(H,37,38). The number of hydrogen-bond acceptors (Lipinski definition) is 7. The maximum absolute atomic E-state index is 13.0. The molecule has 0 saturated carbocycles. The summed E-state index contributed by atoms with van der Waals surface area (Å²) in [5.41, 5.74) is 6.88. The van der Waals surface area contributed by atoms with Crippen LogP contribution in [0, 0.1) is 0 Å². The first-order valence-electron chi connectivity index (χ1n) is 11.8. The highest BCUT2D eigenvalue weighted by Crippen LogP contribution is 2.19. The third-order valence-electron chi connectivity index (χ3n) is 5.69. The molecule has 4 atom stereocenters. The van der Waals surface area contributed by atoms with E-state index in [0.717, 1.165) is 10.9 Å². The molecule has 4 unspecified atom stereocenters. The number of aromatic nitrogens is 1. The van der Waals surface area contributed by atoms with Gasteiger partial charge in [-0.1, -0.05) is 18.2 Å². The van der Waals surface area contributed by atoms with Crippen LogP contribution in [0.15, 0.2) is 30.5 Å². The van der Waals surface area contributed by atoms with Crippen LogP contribution in [-0.2, 0) is 35.2 Å². The fourth-order valence-electron chi connectivity index (χ4n) is 3.64. The predicted octanol–water partition coefficient (Wildman–Crippen LogP) is -0.674. The van der Waals surface area contributed by atoms with Crippen molar-refractivity contribution in [2.24, 2.45) is 5.73 Å². The second-order valence-electron chi connectivity index (χ2n) is 8.74. The van der Waals surface area contributed by atoms with Crippen molar-refractivity contribution in [1.82, 2.24) is 20.9 Å². The minimum atomic E-state index is -1.48. The monoisotopic (exact) mass is 533 g/mol. The number of rotatable bonds is 15. The number of amides is 3. The number of hydrogen-bond donors (Lipinski definition) is 8. The zero-order valence-electron chi connectivity index (χ0n) is 20.6. The molecule has 38 heavy (non-hydrogen) atoms. The summed E-state index contributed by atoms with van der Waals surface area (Å²) in [5, 5.41) is 35.5. The average Bonchev–Trinajstić information content (AvgIpc) is 3.25. The molecule has 0 aliphatic carbocycles. The summed E-state index contributed by atoms with van der Waals surface area (Å²) < 4.78 is 0. The summed E-state index contributed by atoms with van der Waals surface area (Å²) in [7, 11) is 0. The molecular formula is C24H31N5O9. The van der Waals surface area contributed by atoms with Gasteiger partial charge in [-0.25, -0.2) is 4.79 Å². The molecule has 14 nitrogen and oxygen atoms in total. The fraction of sp³-hybridized carbons (Fsp3) is 0.417. The van der Waals surface area contributed by atoms with Crippen LogP contribution in [0.25, 0.3) is 10.9 Å². The first kappa shape index (κ1) is 29.8. The van der Waals surface area contributed by atoms with Crippen molar-refractivity contribution in [2.45, 2.75) is 63.2 Å². The van der Waals surface area contributed by atoms with Gasteiger partial charge in [-0.2, -0.15) is 0 Å². The van der Waals surface area contributed by atoms with Gasteiger partial charge in [0.1, 0.15) is 18.1 Å². The number of fused-ring (bicyclic) bond motifs is 1. The van der Waals surface area contributed by atoms with E-state index in [1.54, 1.807) is 30.5 Å². The molecule has 2 aromatic rings. The second-order valence-corrected chi connectivity index (χ2v) is 8.74. The number of benzene rings is 1. The zero-order chi connectivity index (χ0) is 28.4. The minimum Gasteiger partial charge on any atom is -0.481 e. The Kier molecular flexibility index (Phi) is 10.8. The van der Waals surface area contributed by atoms with Gasteiger partial charge in [0.15, 0.2) is 0 Å². The van der Waals surface area contributed by atoms with E-state index in [0.29, 0.717) is 5.56 Å². The van der Waals surface area contributed by atoms with Gasteiger partial charge < -0.3 is 42.0 Å². The lowest BCUT2D eigenvalue weighted by atomic mass is 10.0. The Morgan fingerprint density at radius 1 is 0.816 bits per heavy atom. The lowest BCUT2D eigenvalue weighted by molar-refractivity contribution is -0.143. The molecule has 14 heteroatoms. The molecule has 3 amide bonds. The summed E-state index contributed by atoms with van der Waals surface area (Å²) in [5.74, 6) is -6.50. The van der Waals surface area contributed by atoms with Crippen molar-refractivity contribution < 1.29 is 44.1 Å². The van der Waals surface area contributed by atoms with Gasteiger partial charge in [-0.15, -0.1) is 0 Å². The molecule has 0 aliphatic rings. The largest absolute Gasteiger partial charge is 0.481 e. The molecule has 1 heterocycles. The number of aromatic amines is 1. The van der Waals surface area contributed by atoms with Crippen molar-refractivity contribution in [3.05, 3.63) is 36.0 Å². The summed E-state index contributed by atoms with van der Waals surface area (Å²) in [4.78, 5) is 75.0. The van der Waals surface area contributed by atoms with Crippen molar-refractivity contribution in [1.29, 1.82) is 0 Å². The first-order chi connectivity index (χ1) is 17.9. The Hall–Kier alpha value is -4.46. The van der Waals surface area contributed by atoms with E-state index in [1.165, 1.54) is 6.92 Å². The number of carboxylic acid groups (broad SMARTS) is 3. The number of H-pyrrole nitrogens is 1. The van der Waals surface area contributed by atoms with E-state index >= 15 is 0 Å². The van der Waals surface area contributed by atoms with Crippen molar-refractivity contribution >= 4 is 46.5 Å². The molecular weight excluding hydrogens is 502 g/mol. The number of carbonyl (C=O) groups excluding carboxylic acids is 3. The van der Waals surface area contributed by atoms with E-state index in [1.807, 2.05) is 0 Å². The molecule has 2 rings (SSSR count). The van der Waals surface area contributed by atoms with Gasteiger partial charge in [-0.05, 0) is 31.4 Å². The third kappa shape index (κ3) is 8.89. The zero-order valence-corrected chi connectivity index (χ0v) is 20.6. The Balaban J connectivity index is 2.21. The van der Waals surface area contributed by atoms with Gasteiger partial charge in [0.25, 0.3) is 0 Å². The van der Waals surface area contributed by atoms with Crippen LogP contribution in [0.4, 0.5) is 0 Å². The van der Waals surface area contributed by atoms with Gasteiger partial charge in [0.05, 0.1) is 6.04 Å². The topological polar surface area (TPSA) is 241 Å².